The van der Waals surface area contributed by atoms with E-state index in [4.69, 9.17) is 9.31 Å². The van der Waals surface area contributed by atoms with Crippen molar-refractivity contribution in [2.24, 2.45) is 0 Å². The number of aromatic nitrogens is 2. The molecule has 1 aliphatic rings. The first kappa shape index (κ1) is 16.2. The molecule has 23 heavy (non-hydrogen) atoms. The molecule has 2 heterocycles. The van der Waals surface area contributed by atoms with E-state index in [0.29, 0.717) is 6.54 Å². The molecule has 0 unspecified atom stereocenters. The molecule has 0 spiro atoms. The number of hydrogen-bond donors (Lipinski definition) is 2. The molecule has 2 N–H and O–H groups in total. The standard InChI is InChI=1S/C17H24BN3O2/c1-16(2)17(3,4)23-18(22-16)13(10-19-5)8-12-6-7-14-15(9-12)21-11-20-14/h6-9,11,19H,10H2,1-5H3,(H,20,21). The monoisotopic (exact) mass is 313 g/mol. The number of rotatable bonds is 4. The normalized spacial score (nSPS) is 20.4. The van der Waals surface area contributed by atoms with Crippen LogP contribution in [0.5, 0.6) is 0 Å². The zero-order chi connectivity index (χ0) is 16.7. The Morgan fingerprint density at radius 1 is 1.26 bits per heavy atom. The summed E-state index contributed by atoms with van der Waals surface area (Å²) in [5.74, 6) is 0. The summed E-state index contributed by atoms with van der Waals surface area (Å²) in [6, 6.07) is 6.16. The number of benzene rings is 1. The van der Waals surface area contributed by atoms with Crippen molar-refractivity contribution >= 4 is 24.2 Å². The summed E-state index contributed by atoms with van der Waals surface area (Å²) in [6.07, 6.45) is 3.83. The van der Waals surface area contributed by atoms with E-state index < -0.39 is 0 Å². The lowest BCUT2D eigenvalue weighted by atomic mass is 9.77. The van der Waals surface area contributed by atoms with Gasteiger partial charge in [0.25, 0.3) is 0 Å². The van der Waals surface area contributed by atoms with Gasteiger partial charge >= 0.3 is 7.12 Å². The summed E-state index contributed by atoms with van der Waals surface area (Å²) >= 11 is 0. The van der Waals surface area contributed by atoms with Crippen LogP contribution in [0.1, 0.15) is 33.3 Å². The summed E-state index contributed by atoms with van der Waals surface area (Å²) in [5, 5.41) is 3.20. The molecule has 5 nitrogen and oxygen atoms in total. The van der Waals surface area contributed by atoms with Crippen molar-refractivity contribution in [3.8, 4) is 0 Å². The Balaban J connectivity index is 1.92. The summed E-state index contributed by atoms with van der Waals surface area (Å²) in [6.45, 7) is 8.99. The number of nitrogens with one attached hydrogen (secondary N) is 2. The van der Waals surface area contributed by atoms with Gasteiger partial charge in [-0.2, -0.15) is 0 Å². The van der Waals surface area contributed by atoms with E-state index in [1.54, 1.807) is 6.33 Å². The van der Waals surface area contributed by atoms with Gasteiger partial charge in [0.05, 0.1) is 28.6 Å². The fourth-order valence-electron chi connectivity index (χ4n) is 2.66. The van der Waals surface area contributed by atoms with Gasteiger partial charge in [-0.05, 0) is 57.9 Å². The van der Waals surface area contributed by atoms with Crippen LogP contribution in [0.2, 0.25) is 0 Å². The lowest BCUT2D eigenvalue weighted by Gasteiger charge is -2.32. The number of H-pyrrole nitrogens is 1. The highest BCUT2D eigenvalue weighted by molar-refractivity contribution is 6.55. The van der Waals surface area contributed by atoms with Crippen LogP contribution < -0.4 is 5.32 Å². The molecule has 1 saturated heterocycles. The van der Waals surface area contributed by atoms with Crippen molar-refractivity contribution in [2.75, 3.05) is 13.6 Å². The lowest BCUT2D eigenvalue weighted by molar-refractivity contribution is 0.00578. The van der Waals surface area contributed by atoms with Crippen LogP contribution in [-0.2, 0) is 9.31 Å². The molecule has 1 aromatic carbocycles. The molecule has 3 rings (SSSR count). The smallest absolute Gasteiger partial charge is 0.400 e. The van der Waals surface area contributed by atoms with Crippen molar-refractivity contribution in [3.05, 3.63) is 35.6 Å². The third-order valence-electron chi connectivity index (χ3n) is 4.73. The maximum Gasteiger partial charge on any atom is 0.491 e. The van der Waals surface area contributed by atoms with Crippen LogP contribution in [0, 0.1) is 0 Å². The van der Waals surface area contributed by atoms with Crippen LogP contribution in [0.4, 0.5) is 0 Å². The fourth-order valence-corrected chi connectivity index (χ4v) is 2.66. The topological polar surface area (TPSA) is 59.2 Å². The van der Waals surface area contributed by atoms with E-state index in [0.717, 1.165) is 22.1 Å². The van der Waals surface area contributed by atoms with Gasteiger partial charge in [0.15, 0.2) is 0 Å². The first-order valence-electron chi connectivity index (χ1n) is 7.96. The quantitative estimate of drug-likeness (QED) is 0.852. The van der Waals surface area contributed by atoms with Crippen LogP contribution >= 0.6 is 0 Å². The Morgan fingerprint density at radius 2 is 1.96 bits per heavy atom. The molecular formula is C17H24BN3O2. The van der Waals surface area contributed by atoms with Gasteiger partial charge in [0.2, 0.25) is 0 Å². The molecule has 0 bridgehead atoms. The summed E-state index contributed by atoms with van der Waals surface area (Å²) in [4.78, 5) is 7.40. The molecule has 0 amide bonds. The van der Waals surface area contributed by atoms with E-state index in [2.05, 4.69) is 61.2 Å². The molecule has 6 heteroatoms. The maximum atomic E-state index is 6.17. The number of nitrogens with zero attached hydrogens (tertiary/aromatic N) is 1. The minimum Gasteiger partial charge on any atom is -0.400 e. The molecular weight excluding hydrogens is 289 g/mol. The Bertz CT molecular complexity index is 720. The van der Waals surface area contributed by atoms with E-state index in [1.165, 1.54) is 0 Å². The maximum absolute atomic E-state index is 6.17. The fraction of sp³-hybridized carbons (Fsp3) is 0.471. The predicted octanol–water partition coefficient (Wildman–Crippen LogP) is 2.80. The summed E-state index contributed by atoms with van der Waals surface area (Å²) in [5.41, 5.74) is 3.49. The number of fused-ring (bicyclic) bond motifs is 1. The largest absolute Gasteiger partial charge is 0.491 e. The van der Waals surface area contributed by atoms with Crippen molar-refractivity contribution in [1.82, 2.24) is 15.3 Å². The zero-order valence-corrected chi connectivity index (χ0v) is 14.4. The van der Waals surface area contributed by atoms with Crippen molar-refractivity contribution < 1.29 is 9.31 Å². The van der Waals surface area contributed by atoms with E-state index in [9.17, 15) is 0 Å². The van der Waals surface area contributed by atoms with Gasteiger partial charge in [-0.3, -0.25) is 0 Å². The summed E-state index contributed by atoms with van der Waals surface area (Å²) in [7, 11) is 1.59. The molecule has 1 aliphatic heterocycles. The third-order valence-corrected chi connectivity index (χ3v) is 4.73. The molecule has 1 fully saturated rings. The molecule has 2 aromatic rings. The second kappa shape index (κ2) is 5.78. The second-order valence-corrected chi connectivity index (χ2v) is 7.02. The van der Waals surface area contributed by atoms with Gasteiger partial charge in [-0.1, -0.05) is 12.1 Å². The Labute approximate surface area is 137 Å². The summed E-state index contributed by atoms with van der Waals surface area (Å²) < 4.78 is 12.3. The van der Waals surface area contributed by atoms with E-state index in [-0.39, 0.29) is 18.3 Å². The highest BCUT2D eigenvalue weighted by Crippen LogP contribution is 2.38. The van der Waals surface area contributed by atoms with Crippen LogP contribution in [0.15, 0.2) is 30.0 Å². The van der Waals surface area contributed by atoms with Crippen molar-refractivity contribution in [3.63, 3.8) is 0 Å². The predicted molar refractivity (Wildman–Crippen MR) is 94.1 cm³/mol. The minimum atomic E-state index is -0.343. The molecule has 0 radical (unpaired) electrons. The molecule has 0 aliphatic carbocycles. The minimum absolute atomic E-state index is 0.335. The second-order valence-electron chi connectivity index (χ2n) is 7.02. The molecule has 1 aromatic heterocycles. The first-order valence-corrected chi connectivity index (χ1v) is 7.96. The highest BCUT2D eigenvalue weighted by atomic mass is 16.7. The average molecular weight is 313 g/mol. The van der Waals surface area contributed by atoms with Gasteiger partial charge in [0, 0.05) is 6.54 Å². The Kier molecular flexibility index (Phi) is 4.08. The first-order chi connectivity index (χ1) is 10.8. The van der Waals surface area contributed by atoms with Gasteiger partial charge in [-0.25, -0.2) is 4.98 Å². The third kappa shape index (κ3) is 3.07. The SMILES string of the molecule is CNCC(=Cc1ccc2nc[nH]c2c1)B1OC(C)(C)C(C)(C)O1. The Hall–Kier alpha value is -1.63. The number of aromatic amines is 1. The number of imidazole rings is 1. The van der Waals surface area contributed by atoms with Gasteiger partial charge in [0.1, 0.15) is 0 Å². The van der Waals surface area contributed by atoms with Gasteiger partial charge < -0.3 is 19.6 Å². The number of likely N-dealkylation sites (N-methyl/N-ethyl adjacent to an activating group) is 1. The van der Waals surface area contributed by atoms with Gasteiger partial charge in [-0.15, -0.1) is 0 Å². The van der Waals surface area contributed by atoms with Crippen LogP contribution in [-0.4, -0.2) is 41.9 Å². The molecule has 122 valence electrons. The molecule has 0 atom stereocenters. The van der Waals surface area contributed by atoms with E-state index >= 15 is 0 Å². The van der Waals surface area contributed by atoms with Crippen molar-refractivity contribution in [1.29, 1.82) is 0 Å². The lowest BCUT2D eigenvalue weighted by Crippen LogP contribution is -2.41. The Morgan fingerprint density at radius 3 is 2.61 bits per heavy atom. The average Bonchev–Trinajstić information content (AvgIpc) is 3.00. The van der Waals surface area contributed by atoms with Crippen molar-refractivity contribution in [2.45, 2.75) is 38.9 Å². The number of hydrogen-bond acceptors (Lipinski definition) is 4. The van der Waals surface area contributed by atoms with Crippen LogP contribution in [0.3, 0.4) is 0 Å². The van der Waals surface area contributed by atoms with Crippen LogP contribution in [0.25, 0.3) is 17.1 Å². The van der Waals surface area contributed by atoms with E-state index in [1.807, 2.05) is 13.1 Å². The molecule has 0 saturated carbocycles. The zero-order valence-electron chi connectivity index (χ0n) is 14.4. The highest BCUT2D eigenvalue weighted by Gasteiger charge is 2.52.